The number of carbonyl (C=O) groups is 1. The van der Waals surface area contributed by atoms with Crippen molar-refractivity contribution in [1.82, 2.24) is 15.0 Å². The van der Waals surface area contributed by atoms with Gasteiger partial charge in [0.2, 0.25) is 0 Å². The fraction of sp³-hybridized carbons (Fsp3) is 0.118. The second-order valence-electron chi connectivity index (χ2n) is 5.28. The van der Waals surface area contributed by atoms with E-state index in [-0.39, 0.29) is 23.8 Å². The highest BCUT2D eigenvalue weighted by atomic mass is 35.5. The van der Waals surface area contributed by atoms with Gasteiger partial charge in [-0.25, -0.2) is 0 Å². The number of carbonyl (C=O) groups excluding carboxylic acids is 1. The Labute approximate surface area is 165 Å². The van der Waals surface area contributed by atoms with E-state index in [2.05, 4.69) is 12.0 Å². The highest BCUT2D eigenvalue weighted by Crippen LogP contribution is 2.22. The summed E-state index contributed by atoms with van der Waals surface area (Å²) in [5.41, 5.74) is 8.29. The summed E-state index contributed by atoms with van der Waals surface area (Å²) < 4.78 is 1.40. The van der Waals surface area contributed by atoms with Gasteiger partial charge in [-0.2, -0.15) is 0 Å². The zero-order valence-corrected chi connectivity index (χ0v) is 15.9. The summed E-state index contributed by atoms with van der Waals surface area (Å²) in [6, 6.07) is 8.10. The van der Waals surface area contributed by atoms with Crippen LogP contribution in [-0.2, 0) is 6.54 Å². The number of benzene rings is 1. The Kier molecular flexibility index (Phi) is 6.79. The van der Waals surface area contributed by atoms with Crippen LogP contribution in [0.4, 0.5) is 0 Å². The largest absolute Gasteiger partial charge is 0.375 e. The van der Waals surface area contributed by atoms with Crippen molar-refractivity contribution in [1.29, 1.82) is 0 Å². The molecule has 1 aromatic heterocycles. The average Bonchev–Trinajstić information content (AvgIpc) is 2.59. The van der Waals surface area contributed by atoms with Crippen molar-refractivity contribution in [2.24, 2.45) is 5.73 Å². The predicted molar refractivity (Wildman–Crippen MR) is 107 cm³/mol. The topological polar surface area (TPSA) is 80.4 Å². The first-order chi connectivity index (χ1) is 12.3. The molecular formula is C17H16Cl2N4O2S. The number of aromatic nitrogens is 1. The molecular weight excluding hydrogens is 395 g/mol. The van der Waals surface area contributed by atoms with E-state index in [4.69, 9.17) is 41.2 Å². The van der Waals surface area contributed by atoms with Crippen molar-refractivity contribution in [2.45, 2.75) is 6.54 Å². The molecule has 0 atom stereocenters. The van der Waals surface area contributed by atoms with Gasteiger partial charge in [-0.15, -0.1) is 6.58 Å². The van der Waals surface area contributed by atoms with Crippen molar-refractivity contribution < 1.29 is 4.79 Å². The van der Waals surface area contributed by atoms with Crippen molar-refractivity contribution in [2.75, 3.05) is 6.54 Å². The van der Waals surface area contributed by atoms with Crippen molar-refractivity contribution in [3.8, 4) is 0 Å². The van der Waals surface area contributed by atoms with E-state index >= 15 is 0 Å². The van der Waals surface area contributed by atoms with Gasteiger partial charge in [0.05, 0.1) is 23.1 Å². The minimum absolute atomic E-state index is 0.0367. The van der Waals surface area contributed by atoms with E-state index in [9.17, 15) is 9.59 Å². The molecule has 0 unspecified atom stereocenters. The molecule has 2 aromatic rings. The number of amides is 1. The monoisotopic (exact) mass is 410 g/mol. The quantitative estimate of drug-likeness (QED) is 0.449. The number of nitrogens with one attached hydrogen (secondary N) is 1. The summed E-state index contributed by atoms with van der Waals surface area (Å²) in [5.74, 6) is -0.617. The third kappa shape index (κ3) is 4.85. The minimum atomic E-state index is -0.617. The third-order valence-electron chi connectivity index (χ3n) is 3.42. The highest BCUT2D eigenvalue weighted by molar-refractivity contribution is 7.80. The van der Waals surface area contributed by atoms with E-state index in [1.54, 1.807) is 30.5 Å². The molecule has 0 saturated carbocycles. The van der Waals surface area contributed by atoms with E-state index in [1.807, 2.05) is 0 Å². The summed E-state index contributed by atoms with van der Waals surface area (Å²) >= 11 is 16.7. The van der Waals surface area contributed by atoms with E-state index < -0.39 is 11.5 Å². The van der Waals surface area contributed by atoms with Crippen LogP contribution >= 0.6 is 35.4 Å². The molecule has 0 saturated heterocycles. The SMILES string of the molecule is C=CCN(NC(=O)c1cccn(Cc2ccc(Cl)c(Cl)c2)c1=O)C(N)=S. The van der Waals surface area contributed by atoms with Crippen LogP contribution in [-0.4, -0.2) is 27.1 Å². The number of thiocarbonyl (C=S) groups is 1. The molecule has 1 heterocycles. The van der Waals surface area contributed by atoms with Gasteiger partial charge in [0, 0.05) is 6.20 Å². The predicted octanol–water partition coefficient (Wildman–Crippen LogP) is 2.58. The van der Waals surface area contributed by atoms with Crippen molar-refractivity contribution in [3.63, 3.8) is 0 Å². The van der Waals surface area contributed by atoms with Crippen LogP contribution in [0.2, 0.25) is 10.0 Å². The molecule has 3 N–H and O–H groups in total. The Morgan fingerprint density at radius 1 is 1.35 bits per heavy atom. The molecule has 6 nitrogen and oxygen atoms in total. The van der Waals surface area contributed by atoms with Crippen LogP contribution in [0.15, 0.2) is 54.0 Å². The Hall–Kier alpha value is -2.35. The van der Waals surface area contributed by atoms with Crippen LogP contribution in [0.1, 0.15) is 15.9 Å². The van der Waals surface area contributed by atoms with Crippen LogP contribution in [0.25, 0.3) is 0 Å². The lowest BCUT2D eigenvalue weighted by atomic mass is 10.2. The van der Waals surface area contributed by atoms with Gasteiger partial charge in [-0.1, -0.05) is 35.3 Å². The second kappa shape index (κ2) is 8.84. The normalized spacial score (nSPS) is 10.2. The zero-order chi connectivity index (χ0) is 19.3. The average molecular weight is 411 g/mol. The van der Waals surface area contributed by atoms with Gasteiger partial charge in [0.15, 0.2) is 5.11 Å². The van der Waals surface area contributed by atoms with Gasteiger partial charge in [0.25, 0.3) is 11.5 Å². The first kappa shape index (κ1) is 20.0. The van der Waals surface area contributed by atoms with Crippen LogP contribution < -0.4 is 16.7 Å². The number of hydrazine groups is 1. The number of pyridine rings is 1. The summed E-state index contributed by atoms with van der Waals surface area (Å²) in [6.45, 7) is 4.01. The van der Waals surface area contributed by atoms with Crippen LogP contribution in [0.3, 0.4) is 0 Å². The smallest absolute Gasteiger partial charge is 0.275 e. The molecule has 0 bridgehead atoms. The van der Waals surface area contributed by atoms with E-state index in [1.165, 1.54) is 21.7 Å². The summed E-state index contributed by atoms with van der Waals surface area (Å²) in [4.78, 5) is 25.0. The molecule has 0 spiro atoms. The first-order valence-corrected chi connectivity index (χ1v) is 8.62. The fourth-order valence-electron chi connectivity index (χ4n) is 2.17. The van der Waals surface area contributed by atoms with Crippen LogP contribution in [0.5, 0.6) is 0 Å². The van der Waals surface area contributed by atoms with Crippen LogP contribution in [0, 0.1) is 0 Å². The minimum Gasteiger partial charge on any atom is -0.375 e. The van der Waals surface area contributed by atoms with Gasteiger partial charge in [-0.05, 0) is 42.0 Å². The maximum absolute atomic E-state index is 12.6. The highest BCUT2D eigenvalue weighted by Gasteiger charge is 2.16. The Morgan fingerprint density at radius 2 is 2.08 bits per heavy atom. The molecule has 0 aliphatic carbocycles. The third-order valence-corrected chi connectivity index (χ3v) is 4.38. The lowest BCUT2D eigenvalue weighted by Gasteiger charge is -2.21. The lowest BCUT2D eigenvalue weighted by molar-refractivity contribution is 0.0876. The van der Waals surface area contributed by atoms with E-state index in [0.717, 1.165) is 5.56 Å². The number of nitrogens with two attached hydrogens (primary N) is 1. The van der Waals surface area contributed by atoms with Gasteiger partial charge in [-0.3, -0.25) is 20.0 Å². The lowest BCUT2D eigenvalue weighted by Crippen LogP contribution is -2.49. The molecule has 1 amide bonds. The van der Waals surface area contributed by atoms with Gasteiger partial charge >= 0.3 is 0 Å². The van der Waals surface area contributed by atoms with Gasteiger partial charge in [0.1, 0.15) is 5.56 Å². The molecule has 1 aromatic carbocycles. The number of hydrogen-bond donors (Lipinski definition) is 2. The summed E-state index contributed by atoms with van der Waals surface area (Å²) in [7, 11) is 0. The standard InChI is InChI=1S/C17H16Cl2N4O2S/c1-2-7-23(17(20)26)21-15(24)12-4-3-8-22(16(12)25)10-11-5-6-13(18)14(19)9-11/h2-6,8-9H,1,7,10H2,(H2,20,26)(H,21,24). The van der Waals surface area contributed by atoms with Crippen molar-refractivity contribution >= 4 is 46.4 Å². The molecule has 26 heavy (non-hydrogen) atoms. The summed E-state index contributed by atoms with van der Waals surface area (Å²) in [5, 5.41) is 2.00. The van der Waals surface area contributed by atoms with Crippen molar-refractivity contribution in [3.05, 3.63) is 80.7 Å². The fourth-order valence-corrected chi connectivity index (χ4v) is 2.61. The van der Waals surface area contributed by atoms with E-state index in [0.29, 0.717) is 10.0 Å². The maximum Gasteiger partial charge on any atom is 0.275 e. The molecule has 2 rings (SSSR count). The molecule has 0 aliphatic rings. The molecule has 0 aliphatic heterocycles. The second-order valence-corrected chi connectivity index (χ2v) is 6.51. The number of hydrogen-bond acceptors (Lipinski definition) is 3. The number of halogens is 2. The summed E-state index contributed by atoms with van der Waals surface area (Å²) in [6.07, 6.45) is 3.10. The Balaban J connectivity index is 2.26. The first-order valence-electron chi connectivity index (χ1n) is 7.45. The maximum atomic E-state index is 12.6. The molecule has 0 fully saturated rings. The molecule has 136 valence electrons. The molecule has 0 radical (unpaired) electrons. The zero-order valence-electron chi connectivity index (χ0n) is 13.6. The molecule has 9 heteroatoms. The number of rotatable bonds is 5. The Bertz CT molecular complexity index is 914. The Morgan fingerprint density at radius 3 is 2.69 bits per heavy atom. The van der Waals surface area contributed by atoms with Gasteiger partial charge < -0.3 is 10.3 Å². The number of nitrogens with zero attached hydrogens (tertiary/aromatic N) is 2.